The average molecular weight is 241 g/mol. The molecule has 0 aliphatic heterocycles. The van der Waals surface area contributed by atoms with Crippen LogP contribution in [0.5, 0.6) is 0 Å². The maximum Gasteiger partial charge on any atom is 0.269 e. The third kappa shape index (κ3) is 2.75. The molecule has 0 N–H and O–H groups in total. The maximum atomic E-state index is 10.5. The first-order valence-electron chi connectivity index (χ1n) is 5.37. The first-order valence-corrected chi connectivity index (χ1v) is 5.37. The van der Waals surface area contributed by atoms with Crippen molar-refractivity contribution in [2.75, 3.05) is 0 Å². The van der Waals surface area contributed by atoms with E-state index in [2.05, 4.69) is 0 Å². The van der Waals surface area contributed by atoms with E-state index in [4.69, 9.17) is 11.3 Å². The summed E-state index contributed by atoms with van der Waals surface area (Å²) < 4.78 is 5.53. The van der Waals surface area contributed by atoms with E-state index in [0.717, 1.165) is 5.56 Å². The lowest BCUT2D eigenvalue weighted by Crippen LogP contribution is -1.98. The second kappa shape index (κ2) is 5.17. The highest BCUT2D eigenvalue weighted by atomic mass is 16.6. The average Bonchev–Trinajstić information content (AvgIpc) is 2.38. The molecule has 2 rings (SSSR count). The van der Waals surface area contributed by atoms with Crippen LogP contribution in [-0.2, 0) is 11.3 Å². The van der Waals surface area contributed by atoms with Gasteiger partial charge in [-0.2, -0.15) is 12.5 Å². The highest BCUT2D eigenvalue weighted by molar-refractivity contribution is 5.40. The molecule has 0 heterocycles. The molecule has 1 aliphatic rings. The van der Waals surface area contributed by atoms with Gasteiger partial charge >= 0.3 is 0 Å². The fraction of sp³-hybridized carbons (Fsp3) is 0.0714. The largest absolute Gasteiger partial charge is 0.544 e. The van der Waals surface area contributed by atoms with Crippen molar-refractivity contribution in [2.45, 2.75) is 6.61 Å². The van der Waals surface area contributed by atoms with Crippen LogP contribution in [0.15, 0.2) is 53.8 Å². The number of ether oxygens (including phenoxy) is 1. The summed E-state index contributed by atoms with van der Waals surface area (Å²) in [4.78, 5) is 10.1. The summed E-state index contributed by atoms with van der Waals surface area (Å²) in [5, 5.41) is 10.5. The molecule has 4 nitrogen and oxygen atoms in total. The number of nitro benzene ring substituents is 1. The molecule has 1 aromatic rings. The van der Waals surface area contributed by atoms with E-state index in [1.54, 1.807) is 24.3 Å². The molecule has 0 spiro atoms. The van der Waals surface area contributed by atoms with Crippen LogP contribution >= 0.6 is 0 Å². The van der Waals surface area contributed by atoms with E-state index in [9.17, 15) is 10.1 Å². The number of nitro groups is 1. The quantitative estimate of drug-likeness (QED) is 0.462. The number of benzene rings is 1. The number of nitrogens with zero attached hydrogens (tertiary/aromatic N) is 1. The van der Waals surface area contributed by atoms with Gasteiger partial charge in [-0.1, -0.05) is 6.58 Å². The number of rotatable bonds is 4. The molecule has 4 heteroatoms. The van der Waals surface area contributed by atoms with Crippen molar-refractivity contribution in [1.29, 1.82) is 0 Å². The van der Waals surface area contributed by atoms with Gasteiger partial charge in [-0.05, 0) is 17.7 Å². The van der Waals surface area contributed by atoms with E-state index >= 15 is 0 Å². The molecule has 0 saturated carbocycles. The molecular formula is C14H11NO3. The maximum absolute atomic E-state index is 10.5. The molecule has 0 aromatic heterocycles. The normalized spacial score (nSPS) is 13.7. The van der Waals surface area contributed by atoms with Gasteiger partial charge in [-0.15, -0.1) is 12.2 Å². The van der Waals surface area contributed by atoms with Crippen LogP contribution in [0, 0.1) is 23.1 Å². The van der Waals surface area contributed by atoms with Crippen LogP contribution < -0.4 is 0 Å². The lowest BCUT2D eigenvalue weighted by Gasteiger charge is -2.18. The summed E-state index contributed by atoms with van der Waals surface area (Å²) in [5.74, 6) is 0.607. The fourth-order valence-electron chi connectivity index (χ4n) is 1.49. The molecule has 0 amide bonds. The van der Waals surface area contributed by atoms with Crippen molar-refractivity contribution in [3.8, 4) is 0 Å². The van der Waals surface area contributed by atoms with Crippen molar-refractivity contribution in [3.05, 3.63) is 82.5 Å². The number of hydrogen-bond acceptors (Lipinski definition) is 3. The summed E-state index contributed by atoms with van der Waals surface area (Å²) >= 11 is 0. The van der Waals surface area contributed by atoms with Crippen LogP contribution in [-0.4, -0.2) is 4.92 Å². The molecule has 0 saturated heterocycles. The zero-order valence-electron chi connectivity index (χ0n) is 9.58. The minimum atomic E-state index is -0.431. The SMILES string of the molecule is [CH+]=C1C=C[CH-]C=C1OCc1ccc([N+](=O)[O-])cc1. The monoisotopic (exact) mass is 241 g/mol. The predicted octanol–water partition coefficient (Wildman–Crippen LogP) is 3.13. The molecule has 90 valence electrons. The van der Waals surface area contributed by atoms with Gasteiger partial charge in [0, 0.05) is 23.5 Å². The van der Waals surface area contributed by atoms with Crippen molar-refractivity contribution >= 4 is 5.69 Å². The van der Waals surface area contributed by atoms with Crippen LogP contribution in [0.4, 0.5) is 5.69 Å². The highest BCUT2D eigenvalue weighted by Crippen LogP contribution is 2.19. The highest BCUT2D eigenvalue weighted by Gasteiger charge is 2.04. The van der Waals surface area contributed by atoms with Gasteiger partial charge in [-0.3, -0.25) is 10.1 Å². The Balaban J connectivity index is 1.96. The summed E-state index contributed by atoms with van der Waals surface area (Å²) in [6.07, 6.45) is 7.20. The summed E-state index contributed by atoms with van der Waals surface area (Å²) in [6, 6.07) is 6.23. The Morgan fingerprint density at radius 1 is 1.33 bits per heavy atom. The molecule has 0 bridgehead atoms. The van der Waals surface area contributed by atoms with E-state index in [0.29, 0.717) is 17.9 Å². The fourth-order valence-corrected chi connectivity index (χ4v) is 1.49. The Labute approximate surface area is 105 Å². The third-order valence-corrected chi connectivity index (χ3v) is 2.46. The minimum Gasteiger partial charge on any atom is -0.544 e. The Hall–Kier alpha value is -2.58. The molecule has 18 heavy (non-hydrogen) atoms. The molecule has 0 unspecified atom stereocenters. The van der Waals surface area contributed by atoms with E-state index in [1.807, 2.05) is 12.5 Å². The zero-order chi connectivity index (χ0) is 13.0. The first-order chi connectivity index (χ1) is 8.66. The predicted molar refractivity (Wildman–Crippen MR) is 67.2 cm³/mol. The van der Waals surface area contributed by atoms with E-state index in [-0.39, 0.29) is 5.69 Å². The first kappa shape index (κ1) is 11.9. The molecule has 0 atom stereocenters. The van der Waals surface area contributed by atoms with Gasteiger partial charge in [0.05, 0.1) is 11.5 Å². The van der Waals surface area contributed by atoms with Crippen molar-refractivity contribution in [2.24, 2.45) is 0 Å². The van der Waals surface area contributed by atoms with Crippen molar-refractivity contribution in [1.82, 2.24) is 0 Å². The summed E-state index contributed by atoms with van der Waals surface area (Å²) in [7, 11) is 0. The standard InChI is InChI=1S/C14H11NO3/c1-11-4-2-3-5-14(11)18-10-12-6-8-13(9-7-12)15(16)17/h1-9H,10H2. The molecule has 1 aliphatic carbocycles. The van der Waals surface area contributed by atoms with Gasteiger partial charge in [0.2, 0.25) is 0 Å². The number of non-ortho nitro benzene ring substituents is 1. The second-order valence-electron chi connectivity index (χ2n) is 3.75. The Morgan fingerprint density at radius 2 is 2.06 bits per heavy atom. The van der Waals surface area contributed by atoms with Crippen molar-refractivity contribution in [3.63, 3.8) is 0 Å². The van der Waals surface area contributed by atoms with Gasteiger partial charge in [0.25, 0.3) is 5.69 Å². The zero-order valence-corrected chi connectivity index (χ0v) is 9.58. The van der Waals surface area contributed by atoms with Gasteiger partial charge < -0.3 is 4.74 Å². The number of allylic oxidation sites excluding steroid dienone is 3. The van der Waals surface area contributed by atoms with Gasteiger partial charge in [-0.25, -0.2) is 0 Å². The van der Waals surface area contributed by atoms with Crippen LogP contribution in [0.2, 0.25) is 0 Å². The van der Waals surface area contributed by atoms with Crippen LogP contribution in [0.3, 0.4) is 0 Å². The summed E-state index contributed by atoms with van der Waals surface area (Å²) in [6.45, 7) is 6.06. The van der Waals surface area contributed by atoms with Crippen molar-refractivity contribution < 1.29 is 9.66 Å². The Kier molecular flexibility index (Phi) is 3.41. The summed E-state index contributed by atoms with van der Waals surface area (Å²) in [5.41, 5.74) is 1.49. The van der Waals surface area contributed by atoms with Crippen LogP contribution in [0.25, 0.3) is 0 Å². The lowest BCUT2D eigenvalue weighted by molar-refractivity contribution is -0.384. The second-order valence-corrected chi connectivity index (χ2v) is 3.75. The lowest BCUT2D eigenvalue weighted by atomic mass is 10.1. The minimum absolute atomic E-state index is 0.0676. The third-order valence-electron chi connectivity index (χ3n) is 2.46. The van der Waals surface area contributed by atoms with Gasteiger partial charge in [0.15, 0.2) is 0 Å². The number of hydrogen-bond donors (Lipinski definition) is 0. The molecular weight excluding hydrogens is 230 g/mol. The molecule has 1 aromatic carbocycles. The Bertz CT molecular complexity index is 526. The topological polar surface area (TPSA) is 52.4 Å². The molecule has 0 fully saturated rings. The smallest absolute Gasteiger partial charge is 0.269 e. The Morgan fingerprint density at radius 3 is 2.67 bits per heavy atom. The van der Waals surface area contributed by atoms with Crippen LogP contribution in [0.1, 0.15) is 5.56 Å². The van der Waals surface area contributed by atoms with E-state index < -0.39 is 4.92 Å². The molecule has 0 radical (unpaired) electrons. The van der Waals surface area contributed by atoms with E-state index in [1.165, 1.54) is 12.1 Å². The van der Waals surface area contributed by atoms with Gasteiger partial charge in [0.1, 0.15) is 0 Å².